The Balaban J connectivity index is 2.95. The van der Waals surface area contributed by atoms with Crippen LogP contribution in [-0.4, -0.2) is 31.1 Å². The van der Waals surface area contributed by atoms with Crippen molar-refractivity contribution in [1.29, 1.82) is 0 Å². The van der Waals surface area contributed by atoms with Gasteiger partial charge in [0.1, 0.15) is 0 Å². The highest BCUT2D eigenvalue weighted by Gasteiger charge is 2.32. The molecule has 1 heterocycles. The number of hydrogen-bond acceptors (Lipinski definition) is 3. The SMILES string of the molecule is CCCNC(c1csc(C)c1)C(C)(C)N(C)C. The maximum absolute atomic E-state index is 3.69. The fourth-order valence-electron chi connectivity index (χ4n) is 1.94. The molecule has 1 aromatic heterocycles. The van der Waals surface area contributed by atoms with Crippen LogP contribution in [0.15, 0.2) is 11.4 Å². The Hall–Kier alpha value is -0.380. The highest BCUT2D eigenvalue weighted by atomic mass is 32.1. The Bertz CT molecular complexity index is 342. The third-order valence-electron chi connectivity index (χ3n) is 3.54. The predicted molar refractivity (Wildman–Crippen MR) is 77.9 cm³/mol. The van der Waals surface area contributed by atoms with Crippen molar-refractivity contribution >= 4 is 11.3 Å². The second-order valence-electron chi connectivity index (χ2n) is 5.43. The summed E-state index contributed by atoms with van der Waals surface area (Å²) in [5.74, 6) is 0. The summed E-state index contributed by atoms with van der Waals surface area (Å²) in [5.41, 5.74) is 1.53. The predicted octanol–water partition coefficient (Wildman–Crippen LogP) is 3.44. The van der Waals surface area contributed by atoms with Crippen LogP contribution >= 0.6 is 11.3 Å². The molecule has 0 aromatic carbocycles. The molecule has 0 amide bonds. The Morgan fingerprint density at radius 2 is 2.06 bits per heavy atom. The maximum Gasteiger partial charge on any atom is 0.0509 e. The van der Waals surface area contributed by atoms with Crippen molar-refractivity contribution in [3.63, 3.8) is 0 Å². The van der Waals surface area contributed by atoms with Crippen LogP contribution in [0.4, 0.5) is 0 Å². The van der Waals surface area contributed by atoms with Crippen molar-refractivity contribution in [2.24, 2.45) is 0 Å². The highest BCUT2D eigenvalue weighted by molar-refractivity contribution is 7.10. The van der Waals surface area contributed by atoms with E-state index < -0.39 is 0 Å². The first kappa shape index (κ1) is 14.7. The topological polar surface area (TPSA) is 15.3 Å². The van der Waals surface area contributed by atoms with Gasteiger partial charge in [0.05, 0.1) is 6.04 Å². The molecule has 1 unspecified atom stereocenters. The van der Waals surface area contributed by atoms with Crippen LogP contribution in [-0.2, 0) is 0 Å². The number of likely N-dealkylation sites (N-methyl/N-ethyl adjacent to an activating group) is 1. The second kappa shape index (κ2) is 5.98. The quantitative estimate of drug-likeness (QED) is 0.836. The van der Waals surface area contributed by atoms with Gasteiger partial charge in [0.2, 0.25) is 0 Å². The summed E-state index contributed by atoms with van der Waals surface area (Å²) >= 11 is 1.84. The van der Waals surface area contributed by atoms with Gasteiger partial charge in [-0.1, -0.05) is 6.92 Å². The number of aryl methyl sites for hydroxylation is 1. The molecule has 0 fully saturated rings. The van der Waals surface area contributed by atoms with Crippen LogP contribution in [0.5, 0.6) is 0 Å². The second-order valence-corrected chi connectivity index (χ2v) is 6.54. The Labute approximate surface area is 110 Å². The molecule has 1 atom stereocenters. The molecule has 0 radical (unpaired) electrons. The normalized spacial score (nSPS) is 14.3. The zero-order valence-corrected chi connectivity index (χ0v) is 12.8. The summed E-state index contributed by atoms with van der Waals surface area (Å²) in [6, 6.07) is 2.70. The first-order valence-electron chi connectivity index (χ1n) is 6.35. The van der Waals surface area contributed by atoms with E-state index in [9.17, 15) is 0 Å². The summed E-state index contributed by atoms with van der Waals surface area (Å²) in [6.45, 7) is 10.1. The molecule has 0 saturated heterocycles. The molecule has 1 aromatic rings. The zero-order chi connectivity index (χ0) is 13.1. The highest BCUT2D eigenvalue weighted by Crippen LogP contribution is 2.32. The first-order chi connectivity index (χ1) is 7.89. The van der Waals surface area contributed by atoms with Gasteiger partial charge in [0.25, 0.3) is 0 Å². The van der Waals surface area contributed by atoms with Crippen molar-refractivity contribution in [1.82, 2.24) is 10.2 Å². The van der Waals surface area contributed by atoms with E-state index in [1.165, 1.54) is 16.9 Å². The molecule has 0 bridgehead atoms. The standard InChI is InChI=1S/C14H26N2S/c1-7-8-15-13(14(3,4)16(5)6)12-9-11(2)17-10-12/h9-10,13,15H,7-8H2,1-6H3. The molecule has 0 spiro atoms. The zero-order valence-electron chi connectivity index (χ0n) is 12.0. The van der Waals surface area contributed by atoms with Gasteiger partial charge in [-0.3, -0.25) is 0 Å². The molecule has 1 N–H and O–H groups in total. The summed E-state index contributed by atoms with van der Waals surface area (Å²) in [7, 11) is 4.31. The number of rotatable bonds is 6. The van der Waals surface area contributed by atoms with Crippen molar-refractivity contribution in [3.8, 4) is 0 Å². The molecule has 0 aliphatic rings. The first-order valence-corrected chi connectivity index (χ1v) is 7.23. The Morgan fingerprint density at radius 1 is 1.41 bits per heavy atom. The number of thiophene rings is 1. The fourth-order valence-corrected chi connectivity index (χ4v) is 2.67. The van der Waals surface area contributed by atoms with Crippen LogP contribution in [0.2, 0.25) is 0 Å². The Morgan fingerprint density at radius 3 is 2.47 bits per heavy atom. The molecular formula is C14H26N2S. The van der Waals surface area contributed by atoms with E-state index in [0.29, 0.717) is 6.04 Å². The minimum Gasteiger partial charge on any atom is -0.308 e. The third kappa shape index (κ3) is 3.54. The van der Waals surface area contributed by atoms with Gasteiger partial charge in [0, 0.05) is 10.4 Å². The van der Waals surface area contributed by atoms with Crippen LogP contribution in [0, 0.1) is 6.92 Å². The summed E-state index contributed by atoms with van der Waals surface area (Å²) in [5, 5.41) is 5.97. The van der Waals surface area contributed by atoms with Crippen LogP contribution in [0.25, 0.3) is 0 Å². The van der Waals surface area contributed by atoms with E-state index in [-0.39, 0.29) is 5.54 Å². The molecule has 0 aliphatic heterocycles. The van der Waals surface area contributed by atoms with Crippen LogP contribution in [0.1, 0.15) is 43.7 Å². The summed E-state index contributed by atoms with van der Waals surface area (Å²) in [6.07, 6.45) is 1.17. The maximum atomic E-state index is 3.69. The van der Waals surface area contributed by atoms with Gasteiger partial charge in [-0.05, 0) is 64.8 Å². The van der Waals surface area contributed by atoms with Gasteiger partial charge in [-0.2, -0.15) is 0 Å². The molecule has 98 valence electrons. The van der Waals surface area contributed by atoms with Gasteiger partial charge in [0.15, 0.2) is 0 Å². The average molecular weight is 254 g/mol. The van der Waals surface area contributed by atoms with Gasteiger partial charge >= 0.3 is 0 Å². The molecular weight excluding hydrogens is 228 g/mol. The summed E-state index contributed by atoms with van der Waals surface area (Å²) < 4.78 is 0. The van der Waals surface area contributed by atoms with Gasteiger partial charge < -0.3 is 10.2 Å². The van der Waals surface area contributed by atoms with E-state index in [0.717, 1.165) is 6.54 Å². The van der Waals surface area contributed by atoms with Crippen LogP contribution in [0.3, 0.4) is 0 Å². The lowest BCUT2D eigenvalue weighted by Gasteiger charge is -2.40. The number of nitrogens with zero attached hydrogens (tertiary/aromatic N) is 1. The van der Waals surface area contributed by atoms with E-state index in [4.69, 9.17) is 0 Å². The number of nitrogens with one attached hydrogen (secondary N) is 1. The minimum atomic E-state index is 0.114. The van der Waals surface area contributed by atoms with Crippen LogP contribution < -0.4 is 5.32 Å². The monoisotopic (exact) mass is 254 g/mol. The summed E-state index contributed by atoms with van der Waals surface area (Å²) in [4.78, 5) is 3.69. The smallest absolute Gasteiger partial charge is 0.0509 e. The number of hydrogen-bond donors (Lipinski definition) is 1. The van der Waals surface area contributed by atoms with Crippen molar-refractivity contribution < 1.29 is 0 Å². The average Bonchev–Trinajstić information content (AvgIpc) is 2.65. The minimum absolute atomic E-state index is 0.114. The molecule has 17 heavy (non-hydrogen) atoms. The van der Waals surface area contributed by atoms with Gasteiger partial charge in [-0.15, -0.1) is 11.3 Å². The van der Waals surface area contributed by atoms with Crippen molar-refractivity contribution in [3.05, 3.63) is 21.9 Å². The van der Waals surface area contributed by atoms with E-state index in [1.54, 1.807) is 0 Å². The van der Waals surface area contributed by atoms with E-state index in [1.807, 2.05) is 11.3 Å². The van der Waals surface area contributed by atoms with Crippen molar-refractivity contribution in [2.75, 3.05) is 20.6 Å². The molecule has 3 heteroatoms. The molecule has 1 rings (SSSR count). The van der Waals surface area contributed by atoms with Crippen molar-refractivity contribution in [2.45, 2.75) is 45.7 Å². The molecule has 2 nitrogen and oxygen atoms in total. The third-order valence-corrected chi connectivity index (χ3v) is 4.42. The Kier molecular flexibility index (Phi) is 5.17. The lowest BCUT2D eigenvalue weighted by Crippen LogP contribution is -2.49. The van der Waals surface area contributed by atoms with Gasteiger partial charge in [-0.25, -0.2) is 0 Å². The lowest BCUT2D eigenvalue weighted by molar-refractivity contribution is 0.138. The van der Waals surface area contributed by atoms with E-state index in [2.05, 4.69) is 63.5 Å². The lowest BCUT2D eigenvalue weighted by atomic mass is 9.88. The van der Waals surface area contributed by atoms with E-state index >= 15 is 0 Å². The fraction of sp³-hybridized carbons (Fsp3) is 0.714. The molecule has 0 aliphatic carbocycles. The largest absolute Gasteiger partial charge is 0.308 e. The molecule has 0 saturated carbocycles.